The molecule has 0 bridgehead atoms. The summed E-state index contributed by atoms with van der Waals surface area (Å²) in [5.74, 6) is 0.535. The number of aryl methyl sites for hydroxylation is 1. The second-order valence-corrected chi connectivity index (χ2v) is 4.85. The molecule has 3 aromatic rings. The molecule has 0 spiro atoms. The zero-order chi connectivity index (χ0) is 16.4. The van der Waals surface area contributed by atoms with Crippen LogP contribution in [0.25, 0.3) is 5.69 Å². The third-order valence-corrected chi connectivity index (χ3v) is 3.23. The van der Waals surface area contributed by atoms with Gasteiger partial charge in [-0.25, -0.2) is 9.67 Å². The average Bonchev–Trinajstić information content (AvgIpc) is 3.14. The van der Waals surface area contributed by atoms with Crippen LogP contribution in [0.1, 0.15) is 11.4 Å². The van der Waals surface area contributed by atoms with Crippen molar-refractivity contribution < 1.29 is 13.2 Å². The van der Waals surface area contributed by atoms with Crippen LogP contribution < -0.4 is 5.32 Å². The van der Waals surface area contributed by atoms with Crippen LogP contribution in [-0.4, -0.2) is 24.5 Å². The summed E-state index contributed by atoms with van der Waals surface area (Å²) in [7, 11) is 1.47. The Morgan fingerprint density at radius 3 is 2.70 bits per heavy atom. The number of hydrogen-bond donors (Lipinski definition) is 1. The smallest absolute Gasteiger partial charge is 0.364 e. The van der Waals surface area contributed by atoms with Crippen molar-refractivity contribution in [3.63, 3.8) is 0 Å². The van der Waals surface area contributed by atoms with E-state index in [4.69, 9.17) is 0 Å². The normalized spacial score (nSPS) is 11.7. The molecular weight excluding hydrogens is 309 g/mol. The minimum Gasteiger partial charge on any atom is -0.364 e. The maximum Gasteiger partial charge on any atom is 0.435 e. The Morgan fingerprint density at radius 1 is 1.22 bits per heavy atom. The van der Waals surface area contributed by atoms with Crippen LogP contribution in [-0.2, 0) is 19.8 Å². The topological polar surface area (TPSA) is 60.6 Å². The summed E-state index contributed by atoms with van der Waals surface area (Å²) in [6.07, 6.45) is 0.593. The molecule has 3 heterocycles. The van der Waals surface area contributed by atoms with Gasteiger partial charge in [-0.1, -0.05) is 0 Å². The quantitative estimate of drug-likeness (QED) is 0.802. The Bertz CT molecular complexity index is 791. The van der Waals surface area contributed by atoms with Gasteiger partial charge in [-0.2, -0.15) is 23.4 Å². The molecule has 6 nitrogen and oxygen atoms in total. The highest BCUT2D eigenvalue weighted by molar-refractivity contribution is 5.44. The molecule has 1 N–H and O–H groups in total. The maximum absolute atomic E-state index is 12.6. The molecule has 0 aliphatic carbocycles. The van der Waals surface area contributed by atoms with E-state index in [0.717, 1.165) is 11.8 Å². The first-order valence-corrected chi connectivity index (χ1v) is 6.73. The second-order valence-electron chi connectivity index (χ2n) is 4.85. The Balaban J connectivity index is 1.74. The van der Waals surface area contributed by atoms with Crippen molar-refractivity contribution in [3.05, 3.63) is 54.2 Å². The fourth-order valence-electron chi connectivity index (χ4n) is 2.07. The van der Waals surface area contributed by atoms with Crippen molar-refractivity contribution in [2.75, 3.05) is 5.32 Å². The van der Waals surface area contributed by atoms with Gasteiger partial charge in [0.1, 0.15) is 5.82 Å². The molecule has 0 aliphatic heterocycles. The molecule has 120 valence electrons. The summed E-state index contributed by atoms with van der Waals surface area (Å²) in [5, 5.41) is 10.6. The summed E-state index contributed by atoms with van der Waals surface area (Å²) < 4.78 is 40.8. The van der Waals surface area contributed by atoms with Crippen molar-refractivity contribution in [3.8, 4) is 5.69 Å². The van der Waals surface area contributed by atoms with Crippen LogP contribution in [0, 0.1) is 0 Å². The molecule has 3 aromatic heterocycles. The van der Waals surface area contributed by atoms with Crippen LogP contribution in [0.4, 0.5) is 19.0 Å². The molecule has 9 heteroatoms. The van der Waals surface area contributed by atoms with E-state index in [1.807, 2.05) is 0 Å². The molecule has 23 heavy (non-hydrogen) atoms. The van der Waals surface area contributed by atoms with Gasteiger partial charge in [0.25, 0.3) is 0 Å². The van der Waals surface area contributed by atoms with Crippen molar-refractivity contribution >= 4 is 5.82 Å². The van der Waals surface area contributed by atoms with Gasteiger partial charge < -0.3 is 5.32 Å². The van der Waals surface area contributed by atoms with E-state index in [0.29, 0.717) is 11.5 Å². The number of hydrogen-bond acceptors (Lipinski definition) is 4. The molecule has 0 aliphatic rings. The lowest BCUT2D eigenvalue weighted by molar-refractivity contribution is -0.141. The largest absolute Gasteiger partial charge is 0.435 e. The van der Waals surface area contributed by atoms with Crippen LogP contribution >= 0.6 is 0 Å². The van der Waals surface area contributed by atoms with Gasteiger partial charge in [0.05, 0.1) is 17.9 Å². The van der Waals surface area contributed by atoms with Gasteiger partial charge in [-0.15, -0.1) is 0 Å². The van der Waals surface area contributed by atoms with E-state index < -0.39 is 11.9 Å². The number of aromatic nitrogens is 5. The number of alkyl halides is 3. The zero-order valence-corrected chi connectivity index (χ0v) is 12.1. The molecule has 0 saturated heterocycles. The highest BCUT2D eigenvalue weighted by atomic mass is 19.4. The lowest BCUT2D eigenvalue weighted by atomic mass is 10.3. The lowest BCUT2D eigenvalue weighted by Crippen LogP contribution is -2.07. The van der Waals surface area contributed by atoms with Gasteiger partial charge >= 0.3 is 6.18 Å². The average molecular weight is 322 g/mol. The lowest BCUT2D eigenvalue weighted by Gasteiger charge is -2.07. The number of rotatable bonds is 4. The highest BCUT2D eigenvalue weighted by Gasteiger charge is 2.34. The predicted octanol–water partition coefficient (Wildman–Crippen LogP) is 2.63. The minimum absolute atomic E-state index is 0.176. The summed E-state index contributed by atoms with van der Waals surface area (Å²) >= 11 is 0. The van der Waals surface area contributed by atoms with Crippen LogP contribution in [0.2, 0.25) is 0 Å². The Morgan fingerprint density at radius 2 is 2.04 bits per heavy atom. The summed E-state index contributed by atoms with van der Waals surface area (Å²) in [6.45, 7) is 0.176. The number of nitrogens with zero attached hydrogens (tertiary/aromatic N) is 5. The number of pyridine rings is 1. The molecule has 3 rings (SSSR count). The standard InChI is InChI=1S/C14H13F3N6/c1-22-11(7-12(21-22)14(15,16)17)9-19-13-8-10(3-5-18-13)23-6-2-4-20-23/h2-8H,9H2,1H3,(H,18,19). The number of nitrogens with one attached hydrogen (secondary N) is 1. The second kappa shape index (κ2) is 5.75. The van der Waals surface area contributed by atoms with Crippen molar-refractivity contribution in [1.29, 1.82) is 0 Å². The Hall–Kier alpha value is -2.84. The van der Waals surface area contributed by atoms with E-state index in [2.05, 4.69) is 20.5 Å². The first-order valence-electron chi connectivity index (χ1n) is 6.73. The third-order valence-electron chi connectivity index (χ3n) is 3.23. The van der Waals surface area contributed by atoms with Crippen LogP contribution in [0.3, 0.4) is 0 Å². The van der Waals surface area contributed by atoms with Gasteiger partial charge in [0, 0.05) is 31.7 Å². The Kier molecular flexibility index (Phi) is 3.77. The Labute approximate surface area is 129 Å². The van der Waals surface area contributed by atoms with Gasteiger partial charge in [-0.3, -0.25) is 4.68 Å². The molecule has 0 atom stereocenters. The third kappa shape index (κ3) is 3.33. The summed E-state index contributed by atoms with van der Waals surface area (Å²) in [5.41, 5.74) is 0.298. The molecule has 0 aromatic carbocycles. The maximum atomic E-state index is 12.6. The first kappa shape index (κ1) is 15.1. The predicted molar refractivity (Wildman–Crippen MR) is 76.9 cm³/mol. The summed E-state index contributed by atoms with van der Waals surface area (Å²) in [4.78, 5) is 4.15. The van der Waals surface area contributed by atoms with E-state index in [-0.39, 0.29) is 6.54 Å². The van der Waals surface area contributed by atoms with E-state index in [1.165, 1.54) is 11.7 Å². The van der Waals surface area contributed by atoms with Crippen molar-refractivity contribution in [1.82, 2.24) is 24.5 Å². The monoisotopic (exact) mass is 322 g/mol. The van der Waals surface area contributed by atoms with Crippen molar-refractivity contribution in [2.24, 2.45) is 7.05 Å². The van der Waals surface area contributed by atoms with Gasteiger partial charge in [0.2, 0.25) is 0 Å². The first-order chi connectivity index (χ1) is 10.9. The van der Waals surface area contributed by atoms with E-state index in [9.17, 15) is 13.2 Å². The molecule has 0 fully saturated rings. The minimum atomic E-state index is -4.45. The van der Waals surface area contributed by atoms with Crippen LogP contribution in [0.15, 0.2) is 42.9 Å². The van der Waals surface area contributed by atoms with E-state index in [1.54, 1.807) is 41.5 Å². The molecule has 0 amide bonds. The van der Waals surface area contributed by atoms with E-state index >= 15 is 0 Å². The molecule has 0 unspecified atom stereocenters. The molecule has 0 saturated carbocycles. The number of halogens is 3. The fraction of sp³-hybridized carbons (Fsp3) is 0.214. The van der Waals surface area contributed by atoms with Crippen LogP contribution in [0.5, 0.6) is 0 Å². The molecular formula is C14H13F3N6. The highest BCUT2D eigenvalue weighted by Crippen LogP contribution is 2.28. The fourth-order valence-corrected chi connectivity index (χ4v) is 2.07. The van der Waals surface area contributed by atoms with Gasteiger partial charge in [-0.05, 0) is 18.2 Å². The van der Waals surface area contributed by atoms with Gasteiger partial charge in [0.15, 0.2) is 5.69 Å². The summed E-state index contributed by atoms with van der Waals surface area (Å²) in [6, 6.07) is 6.35. The zero-order valence-electron chi connectivity index (χ0n) is 12.1. The molecule has 0 radical (unpaired) electrons. The van der Waals surface area contributed by atoms with Crippen molar-refractivity contribution in [2.45, 2.75) is 12.7 Å². The number of anilines is 1. The SMILES string of the molecule is Cn1nc(C(F)(F)F)cc1CNc1cc(-n2cccn2)ccn1.